The van der Waals surface area contributed by atoms with E-state index in [1.165, 1.54) is 6.08 Å². The van der Waals surface area contributed by atoms with Crippen LogP contribution in [0.25, 0.3) is 6.08 Å². The van der Waals surface area contributed by atoms with Crippen LogP contribution >= 0.6 is 0 Å². The maximum atomic E-state index is 12.4. The van der Waals surface area contributed by atoms with Crippen molar-refractivity contribution in [2.45, 2.75) is 44.6 Å². The number of amides is 2. The molecule has 0 atom stereocenters. The molecule has 0 radical (unpaired) electrons. The van der Waals surface area contributed by atoms with Crippen LogP contribution < -0.4 is 10.6 Å². The van der Waals surface area contributed by atoms with E-state index in [9.17, 15) is 9.59 Å². The first kappa shape index (κ1) is 16.2. The molecule has 1 saturated carbocycles. The second-order valence-electron chi connectivity index (χ2n) is 5.61. The summed E-state index contributed by atoms with van der Waals surface area (Å²) in [4.78, 5) is 28.6. The highest BCUT2D eigenvalue weighted by molar-refractivity contribution is 5.97. The number of likely N-dealkylation sites (N-methyl/N-ethyl adjacent to an activating group) is 1. The molecule has 1 fully saturated rings. The lowest BCUT2D eigenvalue weighted by Gasteiger charge is -2.36. The largest absolute Gasteiger partial charge is 0.354 e. The SMILES string of the molecule is CCNC(=O)C1(NC(=O)/C=C/c2cccnc2)CCCCC1. The number of carbonyl (C=O) groups is 2. The quantitative estimate of drug-likeness (QED) is 0.818. The van der Waals surface area contributed by atoms with E-state index >= 15 is 0 Å². The molecule has 1 aliphatic carbocycles. The van der Waals surface area contributed by atoms with Crippen molar-refractivity contribution in [3.8, 4) is 0 Å². The molecular formula is C17H23N3O2. The highest BCUT2D eigenvalue weighted by Crippen LogP contribution is 2.28. The number of pyridine rings is 1. The summed E-state index contributed by atoms with van der Waals surface area (Å²) in [6, 6.07) is 3.69. The molecule has 2 rings (SSSR count). The van der Waals surface area contributed by atoms with Crippen molar-refractivity contribution in [1.82, 2.24) is 15.6 Å². The number of aromatic nitrogens is 1. The third-order valence-corrected chi connectivity index (χ3v) is 3.95. The minimum atomic E-state index is -0.759. The third-order valence-electron chi connectivity index (χ3n) is 3.95. The summed E-state index contributed by atoms with van der Waals surface area (Å²) in [5, 5.41) is 5.78. The van der Waals surface area contributed by atoms with E-state index < -0.39 is 5.54 Å². The maximum Gasteiger partial charge on any atom is 0.245 e. The molecule has 118 valence electrons. The second kappa shape index (κ2) is 7.73. The molecule has 1 aliphatic rings. The Hall–Kier alpha value is -2.17. The zero-order valence-corrected chi connectivity index (χ0v) is 13.0. The minimum absolute atomic E-state index is 0.0715. The van der Waals surface area contributed by atoms with Crippen LogP contribution in [0.3, 0.4) is 0 Å². The van der Waals surface area contributed by atoms with Gasteiger partial charge in [-0.3, -0.25) is 14.6 Å². The van der Waals surface area contributed by atoms with Gasteiger partial charge in [-0.25, -0.2) is 0 Å². The Morgan fingerprint density at radius 3 is 2.73 bits per heavy atom. The average Bonchev–Trinajstić information content (AvgIpc) is 2.55. The van der Waals surface area contributed by atoms with Crippen molar-refractivity contribution < 1.29 is 9.59 Å². The zero-order chi connectivity index (χ0) is 15.8. The van der Waals surface area contributed by atoms with Crippen LogP contribution in [0.5, 0.6) is 0 Å². The Bertz CT molecular complexity index is 534. The van der Waals surface area contributed by atoms with Gasteiger partial charge in [0.25, 0.3) is 0 Å². The van der Waals surface area contributed by atoms with Gasteiger partial charge in [0, 0.05) is 25.0 Å². The lowest BCUT2D eigenvalue weighted by atomic mass is 9.80. The van der Waals surface area contributed by atoms with Gasteiger partial charge in [0.2, 0.25) is 11.8 Å². The van der Waals surface area contributed by atoms with E-state index in [0.717, 1.165) is 24.8 Å². The van der Waals surface area contributed by atoms with E-state index in [4.69, 9.17) is 0 Å². The van der Waals surface area contributed by atoms with Gasteiger partial charge in [0.15, 0.2) is 0 Å². The second-order valence-corrected chi connectivity index (χ2v) is 5.61. The van der Waals surface area contributed by atoms with Gasteiger partial charge in [-0.2, -0.15) is 0 Å². The lowest BCUT2D eigenvalue weighted by molar-refractivity contribution is -0.133. The fraction of sp³-hybridized carbons (Fsp3) is 0.471. The Morgan fingerprint density at radius 2 is 2.09 bits per heavy atom. The monoisotopic (exact) mass is 301 g/mol. The molecular weight excluding hydrogens is 278 g/mol. The van der Waals surface area contributed by atoms with Gasteiger partial charge in [0.05, 0.1) is 0 Å². The first-order valence-corrected chi connectivity index (χ1v) is 7.85. The van der Waals surface area contributed by atoms with Crippen molar-refractivity contribution in [1.29, 1.82) is 0 Å². The number of nitrogens with zero attached hydrogens (tertiary/aromatic N) is 1. The molecule has 0 spiro atoms. The molecule has 0 aliphatic heterocycles. The van der Waals surface area contributed by atoms with Crippen LogP contribution in [0, 0.1) is 0 Å². The molecule has 0 unspecified atom stereocenters. The van der Waals surface area contributed by atoms with Gasteiger partial charge in [-0.15, -0.1) is 0 Å². The minimum Gasteiger partial charge on any atom is -0.354 e. The maximum absolute atomic E-state index is 12.4. The van der Waals surface area contributed by atoms with Crippen molar-refractivity contribution in [2.75, 3.05) is 6.54 Å². The molecule has 2 N–H and O–H groups in total. The summed E-state index contributed by atoms with van der Waals surface area (Å²) >= 11 is 0. The van der Waals surface area contributed by atoms with Crippen LogP contribution in [0.15, 0.2) is 30.6 Å². The van der Waals surface area contributed by atoms with Gasteiger partial charge in [-0.1, -0.05) is 25.3 Å². The molecule has 0 aromatic carbocycles. The number of nitrogens with one attached hydrogen (secondary N) is 2. The Labute approximate surface area is 131 Å². The molecule has 0 bridgehead atoms. The van der Waals surface area contributed by atoms with Crippen LogP contribution in [-0.2, 0) is 9.59 Å². The lowest BCUT2D eigenvalue weighted by Crippen LogP contribution is -2.59. The molecule has 2 amide bonds. The summed E-state index contributed by atoms with van der Waals surface area (Å²) in [6.45, 7) is 2.46. The number of carbonyl (C=O) groups excluding carboxylic acids is 2. The van der Waals surface area contributed by atoms with Crippen LogP contribution in [0.2, 0.25) is 0 Å². The standard InChI is InChI=1S/C17H23N3O2/c1-2-19-16(22)17(10-4-3-5-11-17)20-15(21)9-8-14-7-6-12-18-13-14/h6-9,12-13H,2-5,10-11H2,1H3,(H,19,22)(H,20,21)/b9-8+. The molecule has 5 heteroatoms. The normalized spacial score (nSPS) is 17.1. The molecule has 1 aromatic rings. The highest BCUT2D eigenvalue weighted by atomic mass is 16.2. The summed E-state index contributed by atoms with van der Waals surface area (Å²) in [5.74, 6) is -0.310. The van der Waals surface area contributed by atoms with Crippen molar-refractivity contribution in [2.24, 2.45) is 0 Å². The van der Waals surface area contributed by atoms with Crippen molar-refractivity contribution in [3.63, 3.8) is 0 Å². The highest BCUT2D eigenvalue weighted by Gasteiger charge is 2.40. The van der Waals surface area contributed by atoms with Gasteiger partial charge < -0.3 is 10.6 Å². The third kappa shape index (κ3) is 4.16. The van der Waals surface area contributed by atoms with Gasteiger partial charge in [-0.05, 0) is 37.5 Å². The predicted octanol–water partition coefficient (Wildman–Crippen LogP) is 2.05. The Balaban J connectivity index is 2.05. The fourth-order valence-corrected chi connectivity index (χ4v) is 2.82. The fourth-order valence-electron chi connectivity index (χ4n) is 2.82. The number of hydrogen-bond donors (Lipinski definition) is 2. The van der Waals surface area contributed by atoms with Crippen LogP contribution in [0.4, 0.5) is 0 Å². The smallest absolute Gasteiger partial charge is 0.245 e. The zero-order valence-electron chi connectivity index (χ0n) is 13.0. The number of hydrogen-bond acceptors (Lipinski definition) is 3. The molecule has 5 nitrogen and oxygen atoms in total. The van der Waals surface area contributed by atoms with Crippen LogP contribution in [-0.4, -0.2) is 28.9 Å². The molecule has 22 heavy (non-hydrogen) atoms. The molecule has 0 saturated heterocycles. The van der Waals surface area contributed by atoms with Crippen LogP contribution in [0.1, 0.15) is 44.6 Å². The first-order valence-electron chi connectivity index (χ1n) is 7.85. The van der Waals surface area contributed by atoms with E-state index in [1.807, 2.05) is 19.1 Å². The topological polar surface area (TPSA) is 71.1 Å². The Kier molecular flexibility index (Phi) is 5.69. The summed E-state index contributed by atoms with van der Waals surface area (Å²) in [5.41, 5.74) is 0.0957. The van der Waals surface area contributed by atoms with Gasteiger partial charge >= 0.3 is 0 Å². The summed E-state index contributed by atoms with van der Waals surface area (Å²) in [6.07, 6.45) is 11.0. The van der Waals surface area contributed by atoms with E-state index in [-0.39, 0.29) is 11.8 Å². The Morgan fingerprint density at radius 1 is 1.32 bits per heavy atom. The first-order chi connectivity index (χ1) is 10.7. The van der Waals surface area contributed by atoms with Crippen molar-refractivity contribution >= 4 is 17.9 Å². The van der Waals surface area contributed by atoms with E-state index in [2.05, 4.69) is 15.6 Å². The average molecular weight is 301 g/mol. The predicted molar refractivity (Wildman–Crippen MR) is 85.9 cm³/mol. The summed E-state index contributed by atoms with van der Waals surface area (Å²) in [7, 11) is 0. The number of rotatable bonds is 5. The summed E-state index contributed by atoms with van der Waals surface area (Å²) < 4.78 is 0. The molecule has 1 heterocycles. The van der Waals surface area contributed by atoms with E-state index in [0.29, 0.717) is 19.4 Å². The van der Waals surface area contributed by atoms with E-state index in [1.54, 1.807) is 18.5 Å². The van der Waals surface area contributed by atoms with Crippen molar-refractivity contribution in [3.05, 3.63) is 36.2 Å². The molecule has 1 aromatic heterocycles. The van der Waals surface area contributed by atoms with Gasteiger partial charge in [0.1, 0.15) is 5.54 Å².